The molecule has 0 heterocycles. The van der Waals surface area contributed by atoms with Gasteiger partial charge in [-0.3, -0.25) is 0 Å². The quantitative estimate of drug-likeness (QED) is 0.0443. The maximum absolute atomic E-state index is 9.24. The lowest BCUT2D eigenvalue weighted by Gasteiger charge is -2.43. The fourth-order valence-electron chi connectivity index (χ4n) is 8.18. The zero-order chi connectivity index (χ0) is 50.4. The van der Waals surface area contributed by atoms with Crippen molar-refractivity contribution in [1.29, 1.82) is 0 Å². The summed E-state index contributed by atoms with van der Waals surface area (Å²) in [4.78, 5) is 0. The van der Waals surface area contributed by atoms with Crippen molar-refractivity contribution in [1.82, 2.24) is 0 Å². The van der Waals surface area contributed by atoms with E-state index >= 15 is 0 Å². The summed E-state index contributed by atoms with van der Waals surface area (Å²) < 4.78 is 79.7. The highest BCUT2D eigenvalue weighted by molar-refractivity contribution is 6.90. The van der Waals surface area contributed by atoms with Gasteiger partial charge in [-0.15, -0.1) is 0 Å². The van der Waals surface area contributed by atoms with Crippen LogP contribution in [0.2, 0.25) is 142 Å². The molecular formula is C41H104O14Si10. The molecule has 0 fully saturated rings. The van der Waals surface area contributed by atoms with Crippen LogP contribution in [0.5, 0.6) is 0 Å². The van der Waals surface area contributed by atoms with E-state index in [1.54, 1.807) is 0 Å². The molecular weight excluding hydrogens is 997 g/mol. The van der Waals surface area contributed by atoms with Gasteiger partial charge in [-0.1, -0.05) is 40.0 Å². The Kier molecular flexibility index (Phi) is 32.0. The molecule has 0 aromatic rings. The van der Waals surface area contributed by atoms with Crippen LogP contribution in [-0.4, -0.2) is 174 Å². The third kappa shape index (κ3) is 35.4. The summed E-state index contributed by atoms with van der Waals surface area (Å²) in [6.07, 6.45) is 2.99. The first-order valence-corrected chi connectivity index (χ1v) is 53.4. The molecule has 0 aliphatic heterocycles. The Hall–Kier alpha value is 1.61. The van der Waals surface area contributed by atoms with Crippen molar-refractivity contribution in [3.8, 4) is 0 Å². The fraction of sp³-hybridized carbons (Fsp3) is 1.00. The Labute approximate surface area is 411 Å². The zero-order valence-electron chi connectivity index (χ0n) is 45.7. The Morgan fingerprint density at radius 2 is 0.800 bits per heavy atom. The number of aliphatic hydroxyl groups excluding tert-OH is 2. The van der Waals surface area contributed by atoms with Gasteiger partial charge in [0.25, 0.3) is 0 Å². The summed E-state index contributed by atoms with van der Waals surface area (Å²) in [5.74, 6) is 0.408. The van der Waals surface area contributed by atoms with Gasteiger partial charge >= 0.3 is 51.4 Å². The maximum atomic E-state index is 9.24. The summed E-state index contributed by atoms with van der Waals surface area (Å²) in [5, 5.41) is 18.5. The Bertz CT molecular complexity index is 1250. The molecule has 7 atom stereocenters. The van der Waals surface area contributed by atoms with Crippen LogP contribution in [0.4, 0.5) is 0 Å². The van der Waals surface area contributed by atoms with Crippen LogP contribution in [0.1, 0.15) is 33.6 Å². The minimum Gasteiger partial charge on any atom is -0.437 e. The lowest BCUT2D eigenvalue weighted by molar-refractivity contribution is -0.0227. The second kappa shape index (κ2) is 31.3. The predicted molar refractivity (Wildman–Crippen MR) is 293 cm³/mol. The monoisotopic (exact) mass is 1100 g/mol. The first kappa shape index (κ1) is 66.6. The van der Waals surface area contributed by atoms with Gasteiger partial charge in [-0.05, 0) is 147 Å². The van der Waals surface area contributed by atoms with Crippen LogP contribution in [0, 0.1) is 11.8 Å². The van der Waals surface area contributed by atoms with Crippen LogP contribution in [0.3, 0.4) is 0 Å². The molecule has 14 nitrogen and oxygen atoms in total. The van der Waals surface area contributed by atoms with Crippen molar-refractivity contribution >= 4 is 85.6 Å². The zero-order valence-corrected chi connectivity index (χ0v) is 56.0. The molecule has 65 heavy (non-hydrogen) atoms. The molecule has 0 saturated carbocycles. The van der Waals surface area contributed by atoms with Gasteiger partial charge in [-0.2, -0.15) is 0 Å². The molecule has 0 radical (unpaired) electrons. The van der Waals surface area contributed by atoms with E-state index in [1.165, 1.54) is 0 Å². The smallest absolute Gasteiger partial charge is 0.326 e. The second-order valence-electron chi connectivity index (χ2n) is 22.8. The van der Waals surface area contributed by atoms with Crippen LogP contribution in [0.25, 0.3) is 0 Å². The van der Waals surface area contributed by atoms with Gasteiger partial charge in [0, 0.05) is 38.9 Å². The van der Waals surface area contributed by atoms with E-state index in [1.807, 2.05) is 0 Å². The molecule has 0 saturated heterocycles. The summed E-state index contributed by atoms with van der Waals surface area (Å²) in [6, 6.07) is 3.10. The average Bonchev–Trinajstić information content (AvgIpc) is 3.09. The van der Waals surface area contributed by atoms with Gasteiger partial charge in [0.15, 0.2) is 16.6 Å². The molecule has 0 aliphatic rings. The predicted octanol–water partition coefficient (Wildman–Crippen LogP) is 9.02. The molecule has 2 N–H and O–H groups in total. The van der Waals surface area contributed by atoms with E-state index in [4.69, 9.17) is 52.5 Å². The minimum atomic E-state index is -2.79. The fourth-order valence-corrected chi connectivity index (χ4v) is 50.6. The lowest BCUT2D eigenvalue weighted by atomic mass is 10.2. The van der Waals surface area contributed by atoms with E-state index in [9.17, 15) is 10.2 Å². The molecule has 7 unspecified atom stereocenters. The first-order chi connectivity index (χ1) is 29.6. The van der Waals surface area contributed by atoms with Crippen LogP contribution in [-0.2, 0) is 52.5 Å². The summed E-state index contributed by atoms with van der Waals surface area (Å²) >= 11 is 0. The highest BCUT2D eigenvalue weighted by Gasteiger charge is 2.50. The van der Waals surface area contributed by atoms with E-state index in [-0.39, 0.29) is 31.2 Å². The van der Waals surface area contributed by atoms with Crippen molar-refractivity contribution in [3.63, 3.8) is 0 Å². The van der Waals surface area contributed by atoms with Crippen molar-refractivity contribution in [2.45, 2.75) is 182 Å². The number of hydrogen-bond donors (Lipinski definition) is 2. The molecule has 0 aromatic carbocycles. The normalized spacial score (nSPS) is 18.6. The van der Waals surface area contributed by atoms with Crippen molar-refractivity contribution in [2.75, 3.05) is 71.9 Å². The summed E-state index contributed by atoms with van der Waals surface area (Å²) in [7, 11) is -21.8. The second-order valence-corrected chi connectivity index (χ2v) is 59.4. The standard InChI is InChI=1S/C41H104O14Si10/c1-39(35-64(20,48-37-56(4)5)54-62(18,30-22-26-44-28-24-42)52-60(14,15)50-58(8,9)10)32-46-34-41(3)47-33-40(2)36-65(21,49-38-57(6)7)55-63(19,31-23-27-45-29-25-43)53-61(16,17)51-59(11,12)13/h39-43,56-57H,22-38H2,1-21H3. The summed E-state index contributed by atoms with van der Waals surface area (Å²) in [6.45, 7) is 49.8. The number of aliphatic hydroxyl groups is 2. The van der Waals surface area contributed by atoms with Gasteiger partial charge in [0.1, 0.15) is 0 Å². The highest BCUT2D eigenvalue weighted by atomic mass is 28.5. The molecule has 0 spiro atoms. The van der Waals surface area contributed by atoms with Gasteiger partial charge in [0.2, 0.25) is 0 Å². The first-order valence-electron chi connectivity index (χ1n) is 24.6. The summed E-state index contributed by atoms with van der Waals surface area (Å²) in [5.41, 5.74) is 0. The van der Waals surface area contributed by atoms with Crippen molar-refractivity contribution < 1.29 is 62.7 Å². The van der Waals surface area contributed by atoms with Crippen molar-refractivity contribution in [3.05, 3.63) is 0 Å². The molecule has 0 bridgehead atoms. The van der Waals surface area contributed by atoms with Gasteiger partial charge in [-0.25, -0.2) is 0 Å². The molecule has 392 valence electrons. The SMILES string of the molecule is CC(COCC(C)OCC(C)C[Si](C)(OC[SiH](C)C)O[Si](C)(CCCOCCO)O[Si](C)(C)O[Si](C)(C)C)C[Si](C)(OC[SiH](C)C)O[Si](C)(CCCOCCO)O[Si](C)(C)O[Si](C)(C)C. The molecule has 0 aromatic heterocycles. The van der Waals surface area contributed by atoms with Gasteiger partial charge in [0.05, 0.1) is 56.7 Å². The molecule has 0 aliphatic carbocycles. The van der Waals surface area contributed by atoms with E-state index in [0.29, 0.717) is 46.2 Å². The van der Waals surface area contributed by atoms with Crippen LogP contribution >= 0.6 is 0 Å². The molecule has 24 heteroatoms. The third-order valence-corrected chi connectivity index (χ3v) is 41.9. The third-order valence-electron chi connectivity index (χ3n) is 9.50. The highest BCUT2D eigenvalue weighted by Crippen LogP contribution is 2.33. The molecule has 0 rings (SSSR count). The minimum absolute atomic E-state index is 0.0110. The molecule has 0 amide bonds. The number of ether oxygens (including phenoxy) is 4. The Morgan fingerprint density at radius 1 is 0.431 bits per heavy atom. The van der Waals surface area contributed by atoms with E-state index in [0.717, 1.165) is 49.5 Å². The lowest BCUT2D eigenvalue weighted by Crippen LogP contribution is -2.59. The number of rotatable bonds is 41. The Morgan fingerprint density at radius 3 is 1.14 bits per heavy atom. The largest absolute Gasteiger partial charge is 0.437 e. The van der Waals surface area contributed by atoms with E-state index in [2.05, 4.69) is 139 Å². The Balaban J connectivity index is 5.87. The van der Waals surface area contributed by atoms with Crippen molar-refractivity contribution in [2.24, 2.45) is 11.8 Å². The topological polar surface area (TPSA) is 151 Å². The maximum Gasteiger partial charge on any atom is 0.326 e. The number of hydrogen-bond acceptors (Lipinski definition) is 14. The van der Waals surface area contributed by atoms with Gasteiger partial charge < -0.3 is 62.7 Å². The van der Waals surface area contributed by atoms with Crippen LogP contribution in [0.15, 0.2) is 0 Å². The van der Waals surface area contributed by atoms with E-state index < -0.39 is 85.6 Å². The van der Waals surface area contributed by atoms with Crippen LogP contribution < -0.4 is 0 Å². The average molecular weight is 1100 g/mol.